The van der Waals surface area contributed by atoms with Crippen molar-refractivity contribution in [2.75, 3.05) is 40.9 Å². The number of amides is 1. The third kappa shape index (κ3) is 68.2. The van der Waals surface area contributed by atoms with E-state index in [1.807, 2.05) is 27.2 Å². The first-order valence-electron chi connectivity index (χ1n) is 37.4. The quantitative estimate of drug-likeness (QED) is 0.0243. The third-order valence-electron chi connectivity index (χ3n) is 17.4. The van der Waals surface area contributed by atoms with Crippen LogP contribution in [0.15, 0.2) is 36.5 Å². The minimum Gasteiger partial charge on any atom is -0.387 e. The number of hydrogen-bond acceptors (Lipinski definition) is 5. The van der Waals surface area contributed by atoms with Crippen LogP contribution >= 0.6 is 7.82 Å². The second kappa shape index (κ2) is 66.1. The number of phosphoric acid groups is 1. The van der Waals surface area contributed by atoms with Gasteiger partial charge in [0.15, 0.2) is 0 Å². The number of quaternary nitrogens is 1. The number of rotatable bonds is 70. The van der Waals surface area contributed by atoms with E-state index in [1.165, 1.54) is 327 Å². The van der Waals surface area contributed by atoms with Crippen molar-refractivity contribution in [3.8, 4) is 0 Å². The van der Waals surface area contributed by atoms with Crippen molar-refractivity contribution in [3.05, 3.63) is 36.5 Å². The summed E-state index contributed by atoms with van der Waals surface area (Å²) in [5.74, 6) is -0.170. The van der Waals surface area contributed by atoms with Crippen molar-refractivity contribution in [3.63, 3.8) is 0 Å². The Balaban J connectivity index is 3.98. The molecule has 0 heterocycles. The maximum absolute atomic E-state index is 13.1. The molecule has 0 aromatic heterocycles. The van der Waals surface area contributed by atoms with Crippen LogP contribution in [0, 0.1) is 0 Å². The van der Waals surface area contributed by atoms with E-state index in [0.717, 1.165) is 38.5 Å². The van der Waals surface area contributed by atoms with Gasteiger partial charge in [0.2, 0.25) is 5.91 Å². The molecule has 8 nitrogen and oxygen atoms in total. The van der Waals surface area contributed by atoms with E-state index in [4.69, 9.17) is 9.05 Å². The number of nitrogens with zero attached hydrogens (tertiary/aromatic N) is 1. The smallest absolute Gasteiger partial charge is 0.387 e. The first-order valence-corrected chi connectivity index (χ1v) is 38.9. The Bertz CT molecular complexity index is 1460. The van der Waals surface area contributed by atoms with Gasteiger partial charge in [-0.25, -0.2) is 4.57 Å². The fraction of sp³-hybridized carbons (Fsp3) is 0.907. The molecule has 498 valence electrons. The van der Waals surface area contributed by atoms with E-state index >= 15 is 0 Å². The minimum absolute atomic E-state index is 0.0633. The lowest BCUT2D eigenvalue weighted by molar-refractivity contribution is -0.870. The van der Waals surface area contributed by atoms with E-state index in [0.29, 0.717) is 17.4 Å². The van der Waals surface area contributed by atoms with Gasteiger partial charge in [0.05, 0.1) is 39.9 Å². The molecule has 0 saturated carbocycles. The molecule has 0 radical (unpaired) electrons. The summed E-state index contributed by atoms with van der Waals surface area (Å²) in [7, 11) is 1.59. The number of allylic oxidation sites excluding steroid dienone is 5. The molecule has 0 saturated heterocycles. The van der Waals surface area contributed by atoms with E-state index in [9.17, 15) is 19.4 Å². The monoisotopic (exact) mass is 1200 g/mol. The Hall–Kier alpha value is -1.28. The lowest BCUT2D eigenvalue weighted by Crippen LogP contribution is -2.45. The van der Waals surface area contributed by atoms with Gasteiger partial charge in [-0.15, -0.1) is 0 Å². The van der Waals surface area contributed by atoms with Crippen LogP contribution in [-0.4, -0.2) is 73.4 Å². The average Bonchev–Trinajstić information content (AvgIpc) is 3.56. The van der Waals surface area contributed by atoms with Gasteiger partial charge in [0.25, 0.3) is 0 Å². The summed E-state index contributed by atoms with van der Waals surface area (Å²) >= 11 is 0. The maximum Gasteiger partial charge on any atom is 0.472 e. The van der Waals surface area contributed by atoms with Gasteiger partial charge in [-0.1, -0.05) is 365 Å². The van der Waals surface area contributed by atoms with E-state index < -0.39 is 20.0 Å². The number of unbranched alkanes of at least 4 members (excludes halogenated alkanes) is 53. The van der Waals surface area contributed by atoms with Crippen molar-refractivity contribution >= 4 is 13.7 Å². The van der Waals surface area contributed by atoms with Crippen molar-refractivity contribution < 1.29 is 32.9 Å². The molecule has 0 aromatic rings. The van der Waals surface area contributed by atoms with Crippen LogP contribution in [0.2, 0.25) is 0 Å². The number of aliphatic hydroxyl groups is 1. The van der Waals surface area contributed by atoms with Gasteiger partial charge < -0.3 is 19.8 Å². The van der Waals surface area contributed by atoms with Gasteiger partial charge in [-0.3, -0.25) is 13.8 Å². The second-order valence-corrected chi connectivity index (χ2v) is 28.5. The highest BCUT2D eigenvalue weighted by molar-refractivity contribution is 7.47. The van der Waals surface area contributed by atoms with Crippen molar-refractivity contribution in [1.29, 1.82) is 0 Å². The molecule has 0 fully saturated rings. The molecule has 0 aliphatic rings. The van der Waals surface area contributed by atoms with Crippen LogP contribution in [0.3, 0.4) is 0 Å². The van der Waals surface area contributed by atoms with Gasteiger partial charge in [0.1, 0.15) is 13.2 Å². The Morgan fingerprint density at radius 1 is 0.405 bits per heavy atom. The van der Waals surface area contributed by atoms with Crippen LogP contribution < -0.4 is 5.32 Å². The molecule has 0 aliphatic carbocycles. The van der Waals surface area contributed by atoms with Crippen molar-refractivity contribution in [2.24, 2.45) is 0 Å². The molecular formula is C75H148N2O6P+. The molecule has 9 heteroatoms. The summed E-state index contributed by atoms with van der Waals surface area (Å²) in [6.07, 6.45) is 88.9. The summed E-state index contributed by atoms with van der Waals surface area (Å²) in [6, 6.07) is -0.847. The van der Waals surface area contributed by atoms with Gasteiger partial charge in [-0.2, -0.15) is 0 Å². The van der Waals surface area contributed by atoms with Crippen LogP contribution in [-0.2, 0) is 18.4 Å². The molecule has 0 spiro atoms. The zero-order valence-corrected chi connectivity index (χ0v) is 58.1. The number of carbonyl (C=O) groups is 1. The largest absolute Gasteiger partial charge is 0.472 e. The van der Waals surface area contributed by atoms with Crippen LogP contribution in [0.1, 0.15) is 386 Å². The lowest BCUT2D eigenvalue weighted by Gasteiger charge is -2.25. The second-order valence-electron chi connectivity index (χ2n) is 27.0. The molecule has 1 amide bonds. The average molecular weight is 1200 g/mol. The lowest BCUT2D eigenvalue weighted by atomic mass is 10.0. The maximum atomic E-state index is 13.1. The molecule has 3 atom stereocenters. The molecule has 3 unspecified atom stereocenters. The van der Waals surface area contributed by atoms with Gasteiger partial charge >= 0.3 is 7.82 Å². The standard InChI is InChI=1S/C75H147N2O6P/c1-6-8-10-12-14-16-18-20-22-24-26-28-30-32-33-34-35-36-37-38-39-40-41-42-43-45-47-49-51-53-55-57-59-61-63-65-67-69-75(79)76-73(72-83-84(80,81)82-71-70-77(3,4)5)74(78)68-66-64-62-60-58-56-54-52-50-48-46-44-31-29-27-25-23-21-19-17-15-13-11-9-7-2/h33-34,36-37,66,68,73-74,78H,6-32,35,38-65,67,69-72H2,1-5H3,(H-,76,79,80,81)/p+1/b34-33-,37-36-,68-66+. The van der Waals surface area contributed by atoms with E-state index in [-0.39, 0.29) is 19.1 Å². The van der Waals surface area contributed by atoms with Crippen LogP contribution in [0.25, 0.3) is 0 Å². The predicted molar refractivity (Wildman–Crippen MR) is 369 cm³/mol. The molecule has 0 bridgehead atoms. The summed E-state index contributed by atoms with van der Waals surface area (Å²) < 4.78 is 23.8. The van der Waals surface area contributed by atoms with Crippen molar-refractivity contribution in [1.82, 2.24) is 5.32 Å². The number of likely N-dealkylation sites (N-methyl/N-ethyl adjacent to an activating group) is 1. The van der Waals surface area contributed by atoms with E-state index in [1.54, 1.807) is 6.08 Å². The fourth-order valence-corrected chi connectivity index (χ4v) is 12.3. The minimum atomic E-state index is -4.35. The summed E-state index contributed by atoms with van der Waals surface area (Å²) in [5, 5.41) is 14.0. The number of hydrogen-bond donors (Lipinski definition) is 3. The van der Waals surface area contributed by atoms with E-state index in [2.05, 4.69) is 43.5 Å². The molecule has 0 rings (SSSR count). The summed E-state index contributed by atoms with van der Waals surface area (Å²) in [6.45, 7) is 4.88. The number of nitrogens with one attached hydrogen (secondary N) is 1. The van der Waals surface area contributed by atoms with Gasteiger partial charge in [-0.05, 0) is 51.4 Å². The number of phosphoric ester groups is 1. The Morgan fingerprint density at radius 3 is 0.976 bits per heavy atom. The Labute approximate surface area is 525 Å². The number of aliphatic hydroxyl groups excluding tert-OH is 1. The van der Waals surface area contributed by atoms with Crippen molar-refractivity contribution in [2.45, 2.75) is 398 Å². The zero-order valence-electron chi connectivity index (χ0n) is 57.2. The highest BCUT2D eigenvalue weighted by atomic mass is 31.2. The predicted octanol–water partition coefficient (Wildman–Crippen LogP) is 24.0. The molecule has 3 N–H and O–H groups in total. The number of carbonyl (C=O) groups excluding carboxylic acids is 1. The first-order chi connectivity index (χ1) is 41.0. The molecular weight excluding hydrogens is 1060 g/mol. The Morgan fingerprint density at radius 2 is 0.679 bits per heavy atom. The van der Waals surface area contributed by atoms with Crippen LogP contribution in [0.4, 0.5) is 0 Å². The molecule has 84 heavy (non-hydrogen) atoms. The fourth-order valence-electron chi connectivity index (χ4n) is 11.5. The van der Waals surface area contributed by atoms with Gasteiger partial charge in [0, 0.05) is 6.42 Å². The summed E-state index contributed by atoms with van der Waals surface area (Å²) in [4.78, 5) is 23.4. The first kappa shape index (κ1) is 82.7. The Kier molecular flexibility index (Phi) is 65.1. The van der Waals surface area contributed by atoms with Crippen LogP contribution in [0.5, 0.6) is 0 Å². The third-order valence-corrected chi connectivity index (χ3v) is 18.3. The highest BCUT2D eigenvalue weighted by Crippen LogP contribution is 2.43. The molecule has 0 aromatic carbocycles. The normalized spacial score (nSPS) is 13.8. The molecule has 0 aliphatic heterocycles. The summed E-state index contributed by atoms with van der Waals surface area (Å²) in [5.41, 5.74) is 0. The topological polar surface area (TPSA) is 105 Å². The SMILES string of the molecule is CCCCCCCCCCCCCCC/C=C\C/C=C\CCCCCCCCCCCCCCCCCCCC(=O)NC(COP(=O)(O)OCC[N+](C)(C)C)C(O)/C=C/CCCCCCCCCCCCCCCCCCCCCCCCC. The highest BCUT2D eigenvalue weighted by Gasteiger charge is 2.28. The zero-order chi connectivity index (χ0) is 61.2.